The predicted molar refractivity (Wildman–Crippen MR) is 143 cm³/mol. The molecule has 1 aliphatic heterocycles. The Hall–Kier alpha value is -4.28. The van der Waals surface area contributed by atoms with E-state index in [9.17, 15) is 14.9 Å². The molecule has 1 atom stereocenters. The van der Waals surface area contributed by atoms with Gasteiger partial charge in [0.05, 0.1) is 23.0 Å². The third-order valence-corrected chi connectivity index (χ3v) is 6.13. The zero-order chi connectivity index (χ0) is 25.7. The number of aliphatic imine (C=N–C) groups is 1. The number of amides is 2. The SMILES string of the molecule is CC(=O)N(CCCN(C)C)c1ccc(N=C(c2ccccc2)C2C(=O)Nc3cc(C#N)ccc32)cc1. The summed E-state index contributed by atoms with van der Waals surface area (Å²) in [5.74, 6) is -0.788. The second kappa shape index (κ2) is 11.0. The molecule has 0 bridgehead atoms. The number of carbonyl (C=O) groups excluding carboxylic acids is 2. The van der Waals surface area contributed by atoms with E-state index in [1.165, 1.54) is 0 Å². The lowest BCUT2D eigenvalue weighted by atomic mass is 9.90. The summed E-state index contributed by atoms with van der Waals surface area (Å²) in [5, 5.41) is 12.1. The van der Waals surface area contributed by atoms with Gasteiger partial charge in [-0.3, -0.25) is 14.6 Å². The number of anilines is 2. The maximum atomic E-state index is 13.1. The molecule has 1 unspecified atom stereocenters. The van der Waals surface area contributed by atoms with E-state index in [2.05, 4.69) is 16.3 Å². The van der Waals surface area contributed by atoms with Gasteiger partial charge in [-0.1, -0.05) is 36.4 Å². The summed E-state index contributed by atoms with van der Waals surface area (Å²) in [5.41, 5.74) is 4.88. The number of nitriles is 1. The van der Waals surface area contributed by atoms with E-state index >= 15 is 0 Å². The molecule has 1 heterocycles. The number of hydrogen-bond acceptors (Lipinski definition) is 5. The molecule has 3 aromatic rings. The van der Waals surface area contributed by atoms with E-state index in [4.69, 9.17) is 4.99 Å². The Morgan fingerprint density at radius 2 is 1.75 bits per heavy atom. The minimum absolute atomic E-state index is 0.00838. The summed E-state index contributed by atoms with van der Waals surface area (Å²) < 4.78 is 0. The van der Waals surface area contributed by atoms with Gasteiger partial charge in [-0.15, -0.1) is 0 Å². The molecule has 2 amide bonds. The van der Waals surface area contributed by atoms with Crippen LogP contribution in [-0.2, 0) is 9.59 Å². The highest BCUT2D eigenvalue weighted by Crippen LogP contribution is 2.37. The van der Waals surface area contributed by atoms with E-state index in [0.717, 1.165) is 29.8 Å². The highest BCUT2D eigenvalue weighted by atomic mass is 16.2. The van der Waals surface area contributed by atoms with Crippen LogP contribution in [0.3, 0.4) is 0 Å². The normalized spacial score (nSPS) is 14.8. The first-order valence-electron chi connectivity index (χ1n) is 11.9. The maximum Gasteiger partial charge on any atom is 0.238 e. The minimum atomic E-state index is -0.602. The summed E-state index contributed by atoms with van der Waals surface area (Å²) in [7, 11) is 4.03. The highest BCUT2D eigenvalue weighted by Gasteiger charge is 2.35. The van der Waals surface area contributed by atoms with Gasteiger partial charge in [-0.2, -0.15) is 5.26 Å². The fraction of sp³-hybridized carbons (Fsp3) is 0.241. The Labute approximate surface area is 211 Å². The second-order valence-corrected chi connectivity index (χ2v) is 9.04. The van der Waals surface area contributed by atoms with E-state index < -0.39 is 5.92 Å². The average molecular weight is 480 g/mol. The number of nitrogens with zero attached hydrogens (tertiary/aromatic N) is 4. The average Bonchev–Trinajstić information content (AvgIpc) is 3.20. The third kappa shape index (κ3) is 5.51. The Morgan fingerprint density at radius 1 is 1.03 bits per heavy atom. The van der Waals surface area contributed by atoms with Crippen molar-refractivity contribution in [1.29, 1.82) is 5.26 Å². The molecule has 0 saturated carbocycles. The molecule has 182 valence electrons. The molecule has 4 rings (SSSR count). The van der Waals surface area contributed by atoms with Crippen molar-refractivity contribution in [2.75, 3.05) is 37.4 Å². The fourth-order valence-corrected chi connectivity index (χ4v) is 4.37. The fourth-order valence-electron chi connectivity index (χ4n) is 4.37. The van der Waals surface area contributed by atoms with Crippen molar-refractivity contribution in [1.82, 2.24) is 4.90 Å². The largest absolute Gasteiger partial charge is 0.325 e. The van der Waals surface area contributed by atoms with E-state index in [1.807, 2.05) is 74.8 Å². The van der Waals surface area contributed by atoms with Crippen molar-refractivity contribution >= 4 is 34.6 Å². The van der Waals surface area contributed by atoms with Crippen LogP contribution in [0.1, 0.15) is 36.0 Å². The van der Waals surface area contributed by atoms with Crippen LogP contribution in [0.15, 0.2) is 77.8 Å². The van der Waals surface area contributed by atoms with E-state index in [-0.39, 0.29) is 11.8 Å². The summed E-state index contributed by atoms with van der Waals surface area (Å²) in [6.45, 7) is 3.10. The molecule has 0 radical (unpaired) electrons. The molecule has 1 aliphatic rings. The van der Waals surface area contributed by atoms with Gasteiger partial charge in [0.2, 0.25) is 11.8 Å². The van der Waals surface area contributed by atoms with Gasteiger partial charge < -0.3 is 15.1 Å². The number of rotatable bonds is 8. The lowest BCUT2D eigenvalue weighted by Gasteiger charge is -2.22. The van der Waals surface area contributed by atoms with Crippen LogP contribution >= 0.6 is 0 Å². The van der Waals surface area contributed by atoms with Crippen LogP contribution in [0.2, 0.25) is 0 Å². The number of nitrogens with one attached hydrogen (secondary N) is 1. The first-order valence-corrected chi connectivity index (χ1v) is 11.9. The quantitative estimate of drug-likeness (QED) is 0.474. The number of hydrogen-bond donors (Lipinski definition) is 1. The maximum absolute atomic E-state index is 13.1. The monoisotopic (exact) mass is 479 g/mol. The van der Waals surface area contributed by atoms with Gasteiger partial charge in [0, 0.05) is 24.8 Å². The van der Waals surface area contributed by atoms with E-state index in [1.54, 1.807) is 24.0 Å². The first-order chi connectivity index (χ1) is 17.4. The molecule has 7 heteroatoms. The Balaban J connectivity index is 1.69. The highest BCUT2D eigenvalue weighted by molar-refractivity contribution is 6.24. The zero-order valence-electron chi connectivity index (χ0n) is 20.7. The topological polar surface area (TPSA) is 88.8 Å². The Kier molecular flexibility index (Phi) is 7.57. The predicted octanol–water partition coefficient (Wildman–Crippen LogP) is 4.72. The molecule has 36 heavy (non-hydrogen) atoms. The van der Waals surface area contributed by atoms with Gasteiger partial charge in [-0.25, -0.2) is 0 Å². The number of benzene rings is 3. The first kappa shape index (κ1) is 24.8. The Morgan fingerprint density at radius 3 is 2.39 bits per heavy atom. The van der Waals surface area contributed by atoms with Gasteiger partial charge in [0.1, 0.15) is 5.92 Å². The van der Waals surface area contributed by atoms with Crippen molar-refractivity contribution in [2.45, 2.75) is 19.3 Å². The van der Waals surface area contributed by atoms with E-state index in [0.29, 0.717) is 29.2 Å². The molecule has 0 spiro atoms. The van der Waals surface area contributed by atoms with Crippen LogP contribution in [0.25, 0.3) is 0 Å². The molecular weight excluding hydrogens is 450 g/mol. The van der Waals surface area contributed by atoms with Gasteiger partial charge in [-0.05, 0) is 74.6 Å². The van der Waals surface area contributed by atoms with Crippen molar-refractivity contribution < 1.29 is 9.59 Å². The van der Waals surface area contributed by atoms with Gasteiger partial charge in [0.15, 0.2) is 0 Å². The summed E-state index contributed by atoms with van der Waals surface area (Å²) in [4.78, 5) is 34.1. The molecule has 0 saturated heterocycles. The molecule has 0 aliphatic carbocycles. The van der Waals surface area contributed by atoms with Crippen LogP contribution in [0.4, 0.5) is 17.1 Å². The van der Waals surface area contributed by atoms with Crippen LogP contribution in [0.5, 0.6) is 0 Å². The van der Waals surface area contributed by atoms with Crippen LogP contribution < -0.4 is 10.2 Å². The summed E-state index contributed by atoms with van der Waals surface area (Å²) in [6.07, 6.45) is 0.869. The number of carbonyl (C=O) groups is 2. The van der Waals surface area contributed by atoms with Gasteiger partial charge >= 0.3 is 0 Å². The smallest absolute Gasteiger partial charge is 0.238 e. The van der Waals surface area contributed by atoms with Crippen molar-refractivity contribution in [2.24, 2.45) is 4.99 Å². The lowest BCUT2D eigenvalue weighted by molar-refractivity contribution is -0.117. The summed E-state index contributed by atoms with van der Waals surface area (Å²) >= 11 is 0. The molecule has 0 fully saturated rings. The van der Waals surface area contributed by atoms with Crippen molar-refractivity contribution in [3.8, 4) is 6.07 Å². The lowest BCUT2D eigenvalue weighted by Crippen LogP contribution is -2.31. The van der Waals surface area contributed by atoms with Crippen molar-refractivity contribution in [3.05, 3.63) is 89.5 Å². The Bertz CT molecular complexity index is 1320. The third-order valence-electron chi connectivity index (χ3n) is 6.13. The number of fused-ring (bicyclic) bond motifs is 1. The second-order valence-electron chi connectivity index (χ2n) is 9.04. The van der Waals surface area contributed by atoms with Crippen molar-refractivity contribution in [3.63, 3.8) is 0 Å². The molecule has 1 N–H and O–H groups in total. The minimum Gasteiger partial charge on any atom is -0.325 e. The van der Waals surface area contributed by atoms with Gasteiger partial charge in [0.25, 0.3) is 0 Å². The summed E-state index contributed by atoms with van der Waals surface area (Å²) in [6, 6.07) is 24.5. The molecule has 0 aromatic heterocycles. The zero-order valence-corrected chi connectivity index (χ0v) is 20.7. The van der Waals surface area contributed by atoms with Crippen LogP contribution in [0, 0.1) is 11.3 Å². The standard InChI is InChI=1S/C29H29N5O2/c1-20(35)34(17-7-16-33(2)3)24-13-11-23(12-14-24)31-28(22-8-5-4-6-9-22)27-25-15-10-21(19-30)18-26(25)32-29(27)36/h4-6,8-15,18,27H,7,16-17H2,1-3H3,(H,32,36). The molecule has 3 aromatic carbocycles. The molecular formula is C29H29N5O2. The van der Waals surface area contributed by atoms with Crippen LogP contribution in [-0.4, -0.2) is 49.6 Å². The molecule has 7 nitrogen and oxygen atoms in total.